The first-order valence-corrected chi connectivity index (χ1v) is 6.01. The van der Waals surface area contributed by atoms with Gasteiger partial charge in [0.25, 0.3) is 0 Å². The Morgan fingerprint density at radius 2 is 2.27 bits per heavy atom. The lowest BCUT2D eigenvalue weighted by atomic mass is 10.6. The fourth-order valence-corrected chi connectivity index (χ4v) is 2.46. The summed E-state index contributed by atoms with van der Waals surface area (Å²) < 4.78 is 1.74. The van der Waals surface area contributed by atoms with E-state index in [1.165, 1.54) is 23.1 Å². The third-order valence-electron chi connectivity index (χ3n) is 1.79. The molecular formula is C7H10N6S2. The second-order valence-corrected chi connectivity index (χ2v) is 4.70. The molecule has 2 aromatic heterocycles. The number of aromatic nitrogens is 4. The summed E-state index contributed by atoms with van der Waals surface area (Å²) in [6, 6.07) is 0. The highest BCUT2D eigenvalue weighted by atomic mass is 32.2. The molecule has 2 aromatic rings. The zero-order chi connectivity index (χ0) is 10.8. The fraction of sp³-hybridized carbons (Fsp3) is 0.286. The number of hydrogen-bond donors (Lipinski definition) is 2. The molecular weight excluding hydrogens is 232 g/mol. The molecule has 0 unspecified atom stereocenters. The number of nitrogens with zero attached hydrogens (tertiary/aromatic N) is 4. The summed E-state index contributed by atoms with van der Waals surface area (Å²) in [7, 11) is 1.83. The van der Waals surface area contributed by atoms with Crippen LogP contribution in [-0.2, 0) is 12.8 Å². The number of anilines is 2. The van der Waals surface area contributed by atoms with Crippen molar-refractivity contribution in [3.05, 3.63) is 11.1 Å². The van der Waals surface area contributed by atoms with Crippen LogP contribution in [0.4, 0.5) is 11.1 Å². The maximum absolute atomic E-state index is 5.56. The lowest BCUT2D eigenvalue weighted by Gasteiger charge is -1.98. The van der Waals surface area contributed by atoms with E-state index in [1.54, 1.807) is 4.57 Å². The summed E-state index contributed by atoms with van der Waals surface area (Å²) >= 11 is 2.97. The van der Waals surface area contributed by atoms with Gasteiger partial charge in [-0.2, -0.15) is 0 Å². The van der Waals surface area contributed by atoms with Crippen LogP contribution in [0.1, 0.15) is 5.69 Å². The third-order valence-corrected chi connectivity index (χ3v) is 3.56. The lowest BCUT2D eigenvalue weighted by Crippen LogP contribution is -1.98. The van der Waals surface area contributed by atoms with Gasteiger partial charge >= 0.3 is 0 Å². The predicted octanol–water partition coefficient (Wildman–Crippen LogP) is 0.728. The molecule has 0 spiro atoms. The van der Waals surface area contributed by atoms with Crippen molar-refractivity contribution in [3.8, 4) is 0 Å². The van der Waals surface area contributed by atoms with Crippen molar-refractivity contribution in [2.45, 2.75) is 10.9 Å². The first-order valence-electron chi connectivity index (χ1n) is 4.14. The van der Waals surface area contributed by atoms with Gasteiger partial charge in [-0.25, -0.2) is 4.98 Å². The van der Waals surface area contributed by atoms with Gasteiger partial charge in [-0.15, -0.1) is 21.5 Å². The molecule has 8 heteroatoms. The summed E-state index contributed by atoms with van der Waals surface area (Å²) in [5.74, 6) is 1.13. The van der Waals surface area contributed by atoms with Crippen molar-refractivity contribution in [3.63, 3.8) is 0 Å². The smallest absolute Gasteiger partial charge is 0.222 e. The van der Waals surface area contributed by atoms with E-state index in [4.69, 9.17) is 11.5 Å². The minimum atomic E-state index is 0.412. The van der Waals surface area contributed by atoms with E-state index >= 15 is 0 Å². The number of hydrogen-bond acceptors (Lipinski definition) is 7. The molecule has 0 aliphatic rings. The number of thioether (sulfide) groups is 1. The van der Waals surface area contributed by atoms with Crippen LogP contribution in [0.2, 0.25) is 0 Å². The van der Waals surface area contributed by atoms with E-state index in [9.17, 15) is 0 Å². The van der Waals surface area contributed by atoms with Crippen molar-refractivity contribution < 1.29 is 0 Å². The Morgan fingerprint density at radius 1 is 1.47 bits per heavy atom. The van der Waals surface area contributed by atoms with E-state index in [2.05, 4.69) is 15.2 Å². The largest absolute Gasteiger partial charge is 0.375 e. The van der Waals surface area contributed by atoms with Gasteiger partial charge in [0.1, 0.15) is 0 Å². The van der Waals surface area contributed by atoms with Gasteiger partial charge in [0.15, 0.2) is 10.3 Å². The molecule has 0 bridgehead atoms. The quantitative estimate of drug-likeness (QED) is 0.770. The SMILES string of the molecule is Cn1c(N)nnc1SCc1csc(N)n1. The molecule has 0 aliphatic carbocycles. The summed E-state index contributed by atoms with van der Waals surface area (Å²) in [5, 5.41) is 11.0. The fourth-order valence-electron chi connectivity index (χ4n) is 0.979. The second kappa shape index (κ2) is 4.07. The molecule has 2 rings (SSSR count). The maximum Gasteiger partial charge on any atom is 0.222 e. The summed E-state index contributed by atoms with van der Waals surface area (Å²) in [5.41, 5.74) is 12.0. The van der Waals surface area contributed by atoms with Crippen LogP contribution in [0.25, 0.3) is 0 Å². The van der Waals surface area contributed by atoms with Crippen LogP contribution >= 0.6 is 23.1 Å². The van der Waals surface area contributed by atoms with E-state index < -0.39 is 0 Å². The van der Waals surface area contributed by atoms with E-state index in [0.29, 0.717) is 11.1 Å². The molecule has 2 heterocycles. The molecule has 0 atom stereocenters. The van der Waals surface area contributed by atoms with E-state index in [1.807, 2.05) is 12.4 Å². The monoisotopic (exact) mass is 242 g/mol. The van der Waals surface area contributed by atoms with Gasteiger partial charge in [0.2, 0.25) is 5.95 Å². The average molecular weight is 242 g/mol. The molecule has 80 valence electrons. The van der Waals surface area contributed by atoms with Crippen molar-refractivity contribution in [2.24, 2.45) is 7.05 Å². The molecule has 0 amide bonds. The van der Waals surface area contributed by atoms with Crippen LogP contribution in [-0.4, -0.2) is 19.7 Å². The van der Waals surface area contributed by atoms with Gasteiger partial charge < -0.3 is 11.5 Å². The normalized spacial score (nSPS) is 10.7. The highest BCUT2D eigenvalue weighted by molar-refractivity contribution is 7.98. The second-order valence-electron chi connectivity index (χ2n) is 2.87. The molecule has 0 saturated carbocycles. The molecule has 0 radical (unpaired) electrons. The van der Waals surface area contributed by atoms with Crippen molar-refractivity contribution in [1.29, 1.82) is 0 Å². The lowest BCUT2D eigenvalue weighted by molar-refractivity contribution is 0.795. The minimum Gasteiger partial charge on any atom is -0.375 e. The maximum atomic E-state index is 5.56. The van der Waals surface area contributed by atoms with Gasteiger partial charge in [-0.3, -0.25) is 4.57 Å². The van der Waals surface area contributed by atoms with Crippen LogP contribution in [0.15, 0.2) is 10.5 Å². The number of nitrogen functional groups attached to an aromatic ring is 2. The zero-order valence-corrected chi connectivity index (χ0v) is 9.68. The van der Waals surface area contributed by atoms with Gasteiger partial charge in [-0.05, 0) is 0 Å². The molecule has 0 aromatic carbocycles. The molecule has 6 nitrogen and oxygen atoms in total. The van der Waals surface area contributed by atoms with Gasteiger partial charge in [0, 0.05) is 18.2 Å². The summed E-state index contributed by atoms with van der Waals surface area (Å²) in [6.07, 6.45) is 0. The number of nitrogens with two attached hydrogens (primary N) is 2. The van der Waals surface area contributed by atoms with E-state index in [0.717, 1.165) is 16.6 Å². The summed E-state index contributed by atoms with van der Waals surface area (Å²) in [6.45, 7) is 0. The minimum absolute atomic E-state index is 0.412. The van der Waals surface area contributed by atoms with Crippen LogP contribution in [0.5, 0.6) is 0 Å². The first kappa shape index (κ1) is 10.2. The summed E-state index contributed by atoms with van der Waals surface area (Å²) in [4.78, 5) is 4.15. The Morgan fingerprint density at radius 3 is 2.80 bits per heavy atom. The molecule has 0 fully saturated rings. The van der Waals surface area contributed by atoms with Crippen molar-refractivity contribution in [2.75, 3.05) is 11.5 Å². The van der Waals surface area contributed by atoms with Gasteiger partial charge in [0.05, 0.1) is 5.69 Å². The molecule has 0 saturated heterocycles. The Balaban J connectivity index is 2.02. The molecule has 0 aliphatic heterocycles. The van der Waals surface area contributed by atoms with Gasteiger partial charge in [-0.1, -0.05) is 11.8 Å². The average Bonchev–Trinajstić information content (AvgIpc) is 2.74. The predicted molar refractivity (Wildman–Crippen MR) is 61.5 cm³/mol. The Bertz CT molecular complexity index is 462. The topological polar surface area (TPSA) is 95.6 Å². The Labute approximate surface area is 94.7 Å². The first-order chi connectivity index (χ1) is 7.16. The van der Waals surface area contributed by atoms with Crippen molar-refractivity contribution in [1.82, 2.24) is 19.7 Å². The van der Waals surface area contributed by atoms with Crippen molar-refractivity contribution >= 4 is 34.2 Å². The Kier molecular flexibility index (Phi) is 2.78. The highest BCUT2D eigenvalue weighted by Crippen LogP contribution is 2.22. The standard InChI is InChI=1S/C7H10N6S2/c1-13-5(8)11-12-7(13)15-3-4-2-14-6(9)10-4/h2H,3H2,1H3,(H2,8,11)(H2,9,10). The number of thiazole rings is 1. The van der Waals surface area contributed by atoms with E-state index in [-0.39, 0.29) is 0 Å². The Hall–Kier alpha value is -1.28. The highest BCUT2D eigenvalue weighted by Gasteiger charge is 2.07. The number of rotatable bonds is 3. The molecule has 4 N–H and O–H groups in total. The molecule has 15 heavy (non-hydrogen) atoms. The van der Waals surface area contributed by atoms with Crippen LogP contribution in [0, 0.1) is 0 Å². The van der Waals surface area contributed by atoms with Crippen LogP contribution < -0.4 is 11.5 Å². The zero-order valence-electron chi connectivity index (χ0n) is 8.04. The van der Waals surface area contributed by atoms with Crippen LogP contribution in [0.3, 0.4) is 0 Å². The third kappa shape index (κ3) is 2.21.